The van der Waals surface area contributed by atoms with Gasteiger partial charge in [-0.15, -0.1) is 10.2 Å². The molecule has 0 N–H and O–H groups in total. The molecule has 0 fully saturated rings. The van der Waals surface area contributed by atoms with Gasteiger partial charge >= 0.3 is 5.69 Å². The fourth-order valence-corrected chi connectivity index (χ4v) is 4.23. The van der Waals surface area contributed by atoms with Crippen LogP contribution in [0.4, 0.5) is 11.4 Å². The number of fused-ring (bicyclic) bond motifs is 3. The summed E-state index contributed by atoms with van der Waals surface area (Å²) in [5.41, 5.74) is 3.45. The molecular formula is C20H19N7O2. The van der Waals surface area contributed by atoms with Gasteiger partial charge in [0.15, 0.2) is 11.5 Å². The van der Waals surface area contributed by atoms with Crippen LogP contribution in [0, 0.1) is 0 Å². The molecule has 9 heteroatoms. The molecule has 2 aliphatic rings. The Morgan fingerprint density at radius 1 is 1.10 bits per heavy atom. The van der Waals surface area contributed by atoms with Gasteiger partial charge in [-0.1, -0.05) is 0 Å². The van der Waals surface area contributed by atoms with Crippen LogP contribution in [-0.4, -0.2) is 42.1 Å². The molecule has 2 aliphatic heterocycles. The van der Waals surface area contributed by atoms with Gasteiger partial charge in [0, 0.05) is 43.5 Å². The first kappa shape index (κ1) is 16.3. The van der Waals surface area contributed by atoms with E-state index in [1.807, 2.05) is 18.2 Å². The molecule has 3 aromatic heterocycles. The Kier molecular flexibility index (Phi) is 3.35. The Morgan fingerprint density at radius 2 is 2.03 bits per heavy atom. The highest BCUT2D eigenvalue weighted by Crippen LogP contribution is 2.39. The Labute approximate surface area is 165 Å². The SMILES string of the molecule is Cn1nc2cc(N3CCOc4cc(-c5nnc6n5CCC6)ccc43)ccn2c1=O. The Hall–Kier alpha value is -3.62. The van der Waals surface area contributed by atoms with Crippen molar-refractivity contribution >= 4 is 17.0 Å². The summed E-state index contributed by atoms with van der Waals surface area (Å²) in [7, 11) is 1.65. The Morgan fingerprint density at radius 3 is 2.97 bits per heavy atom. The number of pyridine rings is 1. The van der Waals surface area contributed by atoms with Crippen LogP contribution in [0.15, 0.2) is 41.3 Å². The molecule has 0 atom stereocenters. The normalized spacial score (nSPS) is 15.4. The van der Waals surface area contributed by atoms with Gasteiger partial charge in [0.1, 0.15) is 18.2 Å². The molecule has 29 heavy (non-hydrogen) atoms. The smallest absolute Gasteiger partial charge is 0.350 e. The van der Waals surface area contributed by atoms with Gasteiger partial charge in [0.05, 0.1) is 12.2 Å². The minimum atomic E-state index is -0.153. The second-order valence-corrected chi connectivity index (χ2v) is 7.40. The third kappa shape index (κ3) is 2.40. The van der Waals surface area contributed by atoms with Gasteiger partial charge in [-0.25, -0.2) is 9.48 Å². The van der Waals surface area contributed by atoms with Crippen molar-refractivity contribution in [3.8, 4) is 17.1 Å². The maximum Gasteiger partial charge on any atom is 0.350 e. The van der Waals surface area contributed by atoms with Crippen molar-refractivity contribution in [1.29, 1.82) is 0 Å². The van der Waals surface area contributed by atoms with Gasteiger partial charge in [0.25, 0.3) is 0 Å². The quantitative estimate of drug-likeness (QED) is 0.520. The molecule has 5 heterocycles. The highest BCUT2D eigenvalue weighted by molar-refractivity contribution is 5.75. The highest BCUT2D eigenvalue weighted by atomic mass is 16.5. The number of aryl methyl sites for hydroxylation is 2. The summed E-state index contributed by atoms with van der Waals surface area (Å²) in [5.74, 6) is 2.77. The van der Waals surface area contributed by atoms with Crippen molar-refractivity contribution in [3.05, 3.63) is 52.8 Å². The van der Waals surface area contributed by atoms with Crippen molar-refractivity contribution in [2.45, 2.75) is 19.4 Å². The van der Waals surface area contributed by atoms with E-state index in [1.54, 1.807) is 17.6 Å². The molecule has 146 valence electrons. The lowest BCUT2D eigenvalue weighted by Gasteiger charge is -2.31. The maximum absolute atomic E-state index is 12.1. The number of anilines is 2. The van der Waals surface area contributed by atoms with Crippen LogP contribution >= 0.6 is 0 Å². The van der Waals surface area contributed by atoms with Crippen LogP contribution in [0.1, 0.15) is 12.2 Å². The second kappa shape index (κ2) is 5.94. The van der Waals surface area contributed by atoms with Crippen LogP contribution < -0.4 is 15.3 Å². The van der Waals surface area contributed by atoms with Gasteiger partial charge in [0.2, 0.25) is 0 Å². The zero-order chi connectivity index (χ0) is 19.5. The molecule has 9 nitrogen and oxygen atoms in total. The van der Waals surface area contributed by atoms with Gasteiger partial charge in [-0.3, -0.25) is 4.40 Å². The molecular weight excluding hydrogens is 370 g/mol. The molecule has 0 bridgehead atoms. The largest absolute Gasteiger partial charge is 0.490 e. The molecule has 0 amide bonds. The summed E-state index contributed by atoms with van der Waals surface area (Å²) in [6, 6.07) is 10.0. The lowest BCUT2D eigenvalue weighted by atomic mass is 10.1. The van der Waals surface area contributed by atoms with Crippen LogP contribution in [0.2, 0.25) is 0 Å². The zero-order valence-electron chi connectivity index (χ0n) is 15.9. The van der Waals surface area contributed by atoms with Crippen LogP contribution in [0.5, 0.6) is 5.75 Å². The van der Waals surface area contributed by atoms with Crippen LogP contribution in [0.25, 0.3) is 17.0 Å². The average molecular weight is 389 g/mol. The molecule has 0 radical (unpaired) electrons. The first-order valence-electron chi connectivity index (χ1n) is 9.71. The number of rotatable bonds is 2. The van der Waals surface area contributed by atoms with E-state index in [1.165, 1.54) is 4.68 Å². The van der Waals surface area contributed by atoms with Crippen LogP contribution in [0.3, 0.4) is 0 Å². The molecule has 1 aromatic carbocycles. The molecule has 0 saturated carbocycles. The fourth-order valence-electron chi connectivity index (χ4n) is 4.23. The summed E-state index contributed by atoms with van der Waals surface area (Å²) < 4.78 is 11.0. The molecule has 6 rings (SSSR count). The molecule has 0 spiro atoms. The maximum atomic E-state index is 12.1. The fraction of sp³-hybridized carbons (Fsp3) is 0.300. The standard InChI is InChI=1S/C20H19N7O2/c1-24-20(28)27-8-6-14(12-18(27)23-24)25-9-10-29-16-11-13(4-5-15(16)25)19-22-21-17-3-2-7-26(17)19/h4-6,8,11-12H,2-3,7,9-10H2,1H3. The van der Waals surface area contributed by atoms with E-state index in [4.69, 9.17) is 4.74 Å². The predicted octanol–water partition coefficient (Wildman–Crippen LogP) is 1.77. The first-order chi connectivity index (χ1) is 14.2. The topological polar surface area (TPSA) is 82.5 Å². The summed E-state index contributed by atoms with van der Waals surface area (Å²) >= 11 is 0. The summed E-state index contributed by atoms with van der Waals surface area (Å²) in [6.45, 7) is 2.26. The second-order valence-electron chi connectivity index (χ2n) is 7.40. The van der Waals surface area contributed by atoms with E-state index in [0.29, 0.717) is 12.3 Å². The monoisotopic (exact) mass is 389 g/mol. The van der Waals surface area contributed by atoms with E-state index >= 15 is 0 Å². The van der Waals surface area contributed by atoms with Crippen molar-refractivity contribution < 1.29 is 4.74 Å². The van der Waals surface area contributed by atoms with E-state index in [0.717, 1.165) is 60.3 Å². The van der Waals surface area contributed by atoms with Crippen molar-refractivity contribution in [2.75, 3.05) is 18.1 Å². The average Bonchev–Trinajstić information content (AvgIpc) is 3.42. The van der Waals surface area contributed by atoms with E-state index in [-0.39, 0.29) is 5.69 Å². The van der Waals surface area contributed by atoms with E-state index < -0.39 is 0 Å². The summed E-state index contributed by atoms with van der Waals surface area (Å²) in [5, 5.41) is 13.0. The van der Waals surface area contributed by atoms with Crippen molar-refractivity contribution in [2.24, 2.45) is 7.05 Å². The lowest BCUT2D eigenvalue weighted by Crippen LogP contribution is -2.28. The van der Waals surface area contributed by atoms with E-state index in [2.05, 4.69) is 36.9 Å². The number of aromatic nitrogens is 6. The lowest BCUT2D eigenvalue weighted by molar-refractivity contribution is 0.314. The third-order valence-electron chi connectivity index (χ3n) is 5.66. The molecule has 0 aliphatic carbocycles. The number of hydrogen-bond acceptors (Lipinski definition) is 6. The molecule has 0 unspecified atom stereocenters. The minimum absolute atomic E-state index is 0.153. The summed E-state index contributed by atoms with van der Waals surface area (Å²) in [4.78, 5) is 14.3. The Bertz CT molecular complexity index is 1320. The van der Waals surface area contributed by atoms with Crippen molar-refractivity contribution in [3.63, 3.8) is 0 Å². The van der Waals surface area contributed by atoms with Crippen molar-refractivity contribution in [1.82, 2.24) is 28.9 Å². The molecule has 4 aromatic rings. The van der Waals surface area contributed by atoms with Gasteiger partial charge in [-0.05, 0) is 30.7 Å². The number of hydrogen-bond donors (Lipinski definition) is 0. The number of ether oxygens (including phenoxy) is 1. The first-order valence-corrected chi connectivity index (χ1v) is 9.71. The predicted molar refractivity (Wildman–Crippen MR) is 107 cm³/mol. The van der Waals surface area contributed by atoms with Crippen LogP contribution in [-0.2, 0) is 20.0 Å². The van der Waals surface area contributed by atoms with E-state index in [9.17, 15) is 4.79 Å². The summed E-state index contributed by atoms with van der Waals surface area (Å²) in [6.07, 6.45) is 3.87. The third-order valence-corrected chi connectivity index (χ3v) is 5.66. The zero-order valence-corrected chi connectivity index (χ0v) is 15.9. The minimum Gasteiger partial charge on any atom is -0.490 e. The highest BCUT2D eigenvalue weighted by Gasteiger charge is 2.23. The Balaban J connectivity index is 1.41. The van der Waals surface area contributed by atoms with Gasteiger partial charge < -0.3 is 14.2 Å². The number of nitrogens with zero attached hydrogens (tertiary/aromatic N) is 7. The van der Waals surface area contributed by atoms with Gasteiger partial charge in [-0.2, -0.15) is 5.10 Å². The molecule has 0 saturated heterocycles. The number of benzene rings is 1.